The Labute approximate surface area is 59.7 Å². The van der Waals surface area contributed by atoms with E-state index in [4.69, 9.17) is 24.6 Å². The van der Waals surface area contributed by atoms with Crippen molar-refractivity contribution in [1.82, 2.24) is 0 Å². The Morgan fingerprint density at radius 3 is 2.56 bits per heavy atom. The maximum Gasteiger partial charge on any atom is 0.134 e. The molecule has 1 rings (SSSR count). The summed E-state index contributed by atoms with van der Waals surface area (Å²) in [6.45, 7) is 0. The zero-order valence-electron chi connectivity index (χ0n) is 4.63. The van der Waals surface area contributed by atoms with Crippen molar-refractivity contribution in [3.05, 3.63) is 23.2 Å². The van der Waals surface area contributed by atoms with Gasteiger partial charge < -0.3 is 5.11 Å². The Morgan fingerprint density at radius 2 is 2.11 bits per heavy atom. The molecule has 44 valence electrons. The summed E-state index contributed by atoms with van der Waals surface area (Å²) in [5, 5.41) is 9.14. The van der Waals surface area contributed by atoms with Gasteiger partial charge in [-0.25, -0.2) is 0 Å². The van der Waals surface area contributed by atoms with Gasteiger partial charge in [0.2, 0.25) is 0 Å². The van der Waals surface area contributed by atoms with Gasteiger partial charge in [0.15, 0.2) is 0 Å². The smallest absolute Gasteiger partial charge is 0.134 e. The number of aromatic hydroxyl groups is 1. The summed E-state index contributed by atoms with van der Waals surface area (Å²) in [5.74, 6) is 0.0610. The fourth-order valence-corrected chi connectivity index (χ4v) is 0.712. The van der Waals surface area contributed by atoms with E-state index in [1.807, 2.05) is 0 Å². The SMILES string of the molecule is [B]c1ccc(O)c(Cl)c1. The van der Waals surface area contributed by atoms with E-state index in [0.29, 0.717) is 5.46 Å². The minimum atomic E-state index is 0.0610. The van der Waals surface area contributed by atoms with E-state index in [1.165, 1.54) is 12.1 Å². The fourth-order valence-electron chi connectivity index (χ4n) is 0.523. The third-order valence-corrected chi connectivity index (χ3v) is 1.27. The van der Waals surface area contributed by atoms with Crippen LogP contribution in [0.15, 0.2) is 18.2 Å². The number of hydrogen-bond acceptors (Lipinski definition) is 1. The molecule has 2 radical (unpaired) electrons. The van der Waals surface area contributed by atoms with Crippen LogP contribution in [-0.2, 0) is 0 Å². The molecule has 0 aliphatic rings. The Balaban J connectivity index is 3.17. The van der Waals surface area contributed by atoms with E-state index in [1.54, 1.807) is 6.07 Å². The molecule has 0 unspecified atom stereocenters. The van der Waals surface area contributed by atoms with Crippen molar-refractivity contribution in [2.45, 2.75) is 0 Å². The summed E-state index contributed by atoms with van der Waals surface area (Å²) in [7, 11) is 5.33. The number of benzene rings is 1. The molecule has 0 atom stereocenters. The lowest BCUT2D eigenvalue weighted by molar-refractivity contribution is 0.476. The molecule has 0 aliphatic carbocycles. The van der Waals surface area contributed by atoms with Crippen molar-refractivity contribution in [2.75, 3.05) is 0 Å². The molecule has 1 N–H and O–H groups in total. The predicted molar refractivity (Wildman–Crippen MR) is 38.5 cm³/mol. The van der Waals surface area contributed by atoms with Gasteiger partial charge in [-0.3, -0.25) is 0 Å². The third kappa shape index (κ3) is 1.39. The van der Waals surface area contributed by atoms with Crippen molar-refractivity contribution in [2.24, 2.45) is 0 Å². The average molecular weight is 138 g/mol. The molecule has 1 aromatic carbocycles. The van der Waals surface area contributed by atoms with Crippen LogP contribution in [0.1, 0.15) is 0 Å². The first-order valence-corrected chi connectivity index (χ1v) is 2.82. The summed E-state index contributed by atoms with van der Waals surface area (Å²) in [4.78, 5) is 0. The van der Waals surface area contributed by atoms with E-state index in [9.17, 15) is 0 Å². The Kier molecular flexibility index (Phi) is 1.67. The highest BCUT2D eigenvalue weighted by molar-refractivity contribution is 6.36. The summed E-state index contributed by atoms with van der Waals surface area (Å²) in [6.07, 6.45) is 0. The van der Waals surface area contributed by atoms with Gasteiger partial charge in [0.1, 0.15) is 13.6 Å². The van der Waals surface area contributed by atoms with E-state index in [0.717, 1.165) is 0 Å². The van der Waals surface area contributed by atoms with E-state index in [2.05, 4.69) is 0 Å². The summed E-state index contributed by atoms with van der Waals surface area (Å²) < 4.78 is 0. The van der Waals surface area contributed by atoms with Crippen molar-refractivity contribution in [3.63, 3.8) is 0 Å². The van der Waals surface area contributed by atoms with Crippen molar-refractivity contribution >= 4 is 24.9 Å². The lowest BCUT2D eigenvalue weighted by Crippen LogP contribution is -1.98. The van der Waals surface area contributed by atoms with Gasteiger partial charge in [0, 0.05) is 0 Å². The molecule has 0 bridgehead atoms. The second-order valence-corrected chi connectivity index (χ2v) is 2.12. The molecular formula is C6H4BClO. The molecule has 0 aliphatic heterocycles. The molecule has 1 aromatic rings. The molecule has 0 amide bonds. The number of phenolic OH excluding ortho intramolecular Hbond substituents is 1. The minimum absolute atomic E-state index is 0.0610. The van der Waals surface area contributed by atoms with Crippen LogP contribution in [0.3, 0.4) is 0 Å². The number of hydrogen-bond donors (Lipinski definition) is 1. The van der Waals surface area contributed by atoms with Crippen LogP contribution in [0.4, 0.5) is 0 Å². The monoisotopic (exact) mass is 138 g/mol. The highest BCUT2D eigenvalue weighted by atomic mass is 35.5. The second-order valence-electron chi connectivity index (χ2n) is 1.71. The van der Waals surface area contributed by atoms with Crippen molar-refractivity contribution < 1.29 is 5.11 Å². The van der Waals surface area contributed by atoms with Gasteiger partial charge in [-0.1, -0.05) is 23.1 Å². The number of phenols is 1. The fraction of sp³-hybridized carbons (Fsp3) is 0. The molecule has 9 heavy (non-hydrogen) atoms. The van der Waals surface area contributed by atoms with Gasteiger partial charge in [0.05, 0.1) is 5.02 Å². The maximum absolute atomic E-state index is 8.86. The van der Waals surface area contributed by atoms with E-state index < -0.39 is 0 Å². The minimum Gasteiger partial charge on any atom is -0.506 e. The average Bonchev–Trinajstić information content (AvgIpc) is 1.80. The first-order chi connectivity index (χ1) is 4.20. The van der Waals surface area contributed by atoms with Crippen molar-refractivity contribution in [3.8, 4) is 5.75 Å². The highest BCUT2D eigenvalue weighted by Gasteiger charge is 1.93. The lowest BCUT2D eigenvalue weighted by Gasteiger charge is -1.95. The molecular weight excluding hydrogens is 134 g/mol. The van der Waals surface area contributed by atoms with Crippen LogP contribution >= 0.6 is 11.6 Å². The molecule has 0 aromatic heterocycles. The summed E-state index contributed by atoms with van der Waals surface area (Å²) in [6, 6.07) is 4.54. The van der Waals surface area contributed by atoms with Gasteiger partial charge >= 0.3 is 0 Å². The quantitative estimate of drug-likeness (QED) is 0.527. The van der Waals surface area contributed by atoms with Crippen LogP contribution in [0.25, 0.3) is 0 Å². The molecule has 0 heterocycles. The molecule has 0 saturated carbocycles. The first-order valence-electron chi connectivity index (χ1n) is 2.44. The lowest BCUT2D eigenvalue weighted by atomic mass is 9.97. The van der Waals surface area contributed by atoms with Crippen LogP contribution in [0, 0.1) is 0 Å². The number of halogens is 1. The summed E-state index contributed by atoms with van der Waals surface area (Å²) >= 11 is 5.48. The maximum atomic E-state index is 8.86. The first kappa shape index (κ1) is 6.49. The highest BCUT2D eigenvalue weighted by Crippen LogP contribution is 2.19. The van der Waals surface area contributed by atoms with Crippen LogP contribution < -0.4 is 5.46 Å². The van der Waals surface area contributed by atoms with Crippen LogP contribution in [0.2, 0.25) is 5.02 Å². The van der Waals surface area contributed by atoms with Gasteiger partial charge in [0.25, 0.3) is 0 Å². The standard InChI is InChI=1S/C6H4BClO/c7-4-1-2-6(9)5(8)3-4/h1-3,9H. The normalized spacial score (nSPS) is 9.44. The van der Waals surface area contributed by atoms with Gasteiger partial charge in [-0.15, -0.1) is 0 Å². The Bertz CT molecular complexity index is 224. The second kappa shape index (κ2) is 2.32. The van der Waals surface area contributed by atoms with Crippen LogP contribution in [0.5, 0.6) is 5.75 Å². The predicted octanol–water partition coefficient (Wildman–Crippen LogP) is 0.839. The molecule has 3 heteroatoms. The van der Waals surface area contributed by atoms with Crippen LogP contribution in [-0.4, -0.2) is 13.0 Å². The zero-order valence-corrected chi connectivity index (χ0v) is 5.39. The molecule has 0 spiro atoms. The van der Waals surface area contributed by atoms with Gasteiger partial charge in [-0.05, 0) is 12.1 Å². The molecule has 1 nitrogen and oxygen atoms in total. The zero-order chi connectivity index (χ0) is 6.85. The molecule has 0 saturated heterocycles. The summed E-state index contributed by atoms with van der Waals surface area (Å²) in [5.41, 5.74) is 0.554. The third-order valence-electron chi connectivity index (χ3n) is 0.972. The Morgan fingerprint density at radius 1 is 1.44 bits per heavy atom. The largest absolute Gasteiger partial charge is 0.506 e. The topological polar surface area (TPSA) is 20.2 Å². The Hall–Kier alpha value is -0.625. The molecule has 0 fully saturated rings. The van der Waals surface area contributed by atoms with E-state index >= 15 is 0 Å². The number of rotatable bonds is 0. The van der Waals surface area contributed by atoms with Crippen molar-refractivity contribution in [1.29, 1.82) is 0 Å². The van der Waals surface area contributed by atoms with E-state index in [-0.39, 0.29) is 10.8 Å². The van der Waals surface area contributed by atoms with Gasteiger partial charge in [-0.2, -0.15) is 0 Å².